The third-order valence-corrected chi connectivity index (χ3v) is 7.28. The molecule has 1 aromatic heterocycles. The molecule has 2 aromatic rings. The van der Waals surface area contributed by atoms with Gasteiger partial charge in [-0.2, -0.15) is 0 Å². The second kappa shape index (κ2) is 10.6. The van der Waals surface area contributed by atoms with Gasteiger partial charge in [-0.25, -0.2) is 4.79 Å². The molecule has 0 saturated heterocycles. The summed E-state index contributed by atoms with van der Waals surface area (Å²) >= 11 is 6.35. The van der Waals surface area contributed by atoms with Crippen LogP contribution in [0.1, 0.15) is 81.5 Å². The van der Waals surface area contributed by atoms with Crippen molar-refractivity contribution in [2.45, 2.75) is 58.9 Å². The lowest BCUT2D eigenvalue weighted by Crippen LogP contribution is -2.46. The standard InChI is InChI=1S/C26H33ClN2O4/c1-16-22(17(2)28(4)23(16)26(32)33-5)24(30)18(3)29(15-19-11-7-6-8-12-19)25(31)20-13-9-10-14-21(20)27/h9-10,13-14,18-19H,6-8,11-12,15H2,1-5H3. The zero-order valence-electron chi connectivity index (χ0n) is 20.1. The first kappa shape index (κ1) is 25.0. The Balaban J connectivity index is 2.00. The fraction of sp³-hybridized carbons (Fsp3) is 0.500. The molecule has 0 aliphatic heterocycles. The average Bonchev–Trinajstić information content (AvgIpc) is 3.04. The molecule has 3 rings (SSSR count). The van der Waals surface area contributed by atoms with E-state index in [1.54, 1.807) is 61.6 Å². The van der Waals surface area contributed by atoms with Crippen LogP contribution in [-0.4, -0.2) is 46.8 Å². The van der Waals surface area contributed by atoms with Crippen LogP contribution in [0.15, 0.2) is 24.3 Å². The summed E-state index contributed by atoms with van der Waals surface area (Å²) in [6.07, 6.45) is 5.58. The van der Waals surface area contributed by atoms with Gasteiger partial charge in [0.2, 0.25) is 0 Å². The molecular weight excluding hydrogens is 440 g/mol. The van der Waals surface area contributed by atoms with E-state index in [-0.39, 0.29) is 11.7 Å². The number of aromatic nitrogens is 1. The summed E-state index contributed by atoms with van der Waals surface area (Å²) in [7, 11) is 3.06. The van der Waals surface area contributed by atoms with E-state index in [1.807, 2.05) is 0 Å². The lowest BCUT2D eigenvalue weighted by atomic mass is 9.88. The average molecular weight is 473 g/mol. The number of carbonyl (C=O) groups is 3. The lowest BCUT2D eigenvalue weighted by Gasteiger charge is -2.34. The van der Waals surface area contributed by atoms with Crippen LogP contribution in [0.4, 0.5) is 0 Å². The highest BCUT2D eigenvalue weighted by Crippen LogP contribution is 2.29. The van der Waals surface area contributed by atoms with E-state index in [4.69, 9.17) is 16.3 Å². The Labute approximate surface area is 200 Å². The Morgan fingerprint density at radius 3 is 2.39 bits per heavy atom. The minimum absolute atomic E-state index is 0.188. The smallest absolute Gasteiger partial charge is 0.354 e. The van der Waals surface area contributed by atoms with E-state index in [0.29, 0.717) is 45.6 Å². The molecule has 1 aliphatic carbocycles. The number of benzene rings is 1. The van der Waals surface area contributed by atoms with Gasteiger partial charge in [-0.15, -0.1) is 0 Å². The van der Waals surface area contributed by atoms with Gasteiger partial charge in [-0.1, -0.05) is 43.0 Å². The maximum Gasteiger partial charge on any atom is 0.354 e. The van der Waals surface area contributed by atoms with Crippen molar-refractivity contribution in [2.24, 2.45) is 13.0 Å². The normalized spacial score (nSPS) is 15.2. The van der Waals surface area contributed by atoms with Crippen LogP contribution in [-0.2, 0) is 11.8 Å². The van der Waals surface area contributed by atoms with Crippen LogP contribution in [0.3, 0.4) is 0 Å². The molecule has 1 atom stereocenters. The van der Waals surface area contributed by atoms with Crippen molar-refractivity contribution in [3.05, 3.63) is 57.4 Å². The van der Waals surface area contributed by atoms with Gasteiger partial charge in [0.15, 0.2) is 5.78 Å². The Morgan fingerprint density at radius 1 is 1.15 bits per heavy atom. The Hall–Kier alpha value is -2.60. The van der Waals surface area contributed by atoms with Gasteiger partial charge >= 0.3 is 5.97 Å². The van der Waals surface area contributed by atoms with E-state index in [2.05, 4.69) is 0 Å². The number of nitrogens with zero attached hydrogens (tertiary/aromatic N) is 2. The van der Waals surface area contributed by atoms with Crippen molar-refractivity contribution in [2.75, 3.05) is 13.7 Å². The first-order valence-corrected chi connectivity index (χ1v) is 11.9. The van der Waals surface area contributed by atoms with E-state index < -0.39 is 12.0 Å². The topological polar surface area (TPSA) is 68.6 Å². The van der Waals surface area contributed by atoms with Crippen molar-refractivity contribution < 1.29 is 19.1 Å². The number of amides is 1. The van der Waals surface area contributed by atoms with Crippen LogP contribution >= 0.6 is 11.6 Å². The zero-order valence-corrected chi connectivity index (χ0v) is 20.9. The highest BCUT2D eigenvalue weighted by molar-refractivity contribution is 6.33. The third kappa shape index (κ3) is 5.01. The molecule has 0 radical (unpaired) electrons. The van der Waals surface area contributed by atoms with Crippen molar-refractivity contribution in [1.82, 2.24) is 9.47 Å². The number of hydrogen-bond donors (Lipinski definition) is 0. The third-order valence-electron chi connectivity index (χ3n) is 6.95. The van der Waals surface area contributed by atoms with Gasteiger partial charge < -0.3 is 14.2 Å². The van der Waals surface area contributed by atoms with Gasteiger partial charge in [-0.3, -0.25) is 9.59 Å². The van der Waals surface area contributed by atoms with Crippen LogP contribution in [0.5, 0.6) is 0 Å². The largest absolute Gasteiger partial charge is 0.464 e. The summed E-state index contributed by atoms with van der Waals surface area (Å²) in [6.45, 7) is 5.83. The minimum Gasteiger partial charge on any atom is -0.464 e. The molecular formula is C26H33ClN2O4. The van der Waals surface area contributed by atoms with Crippen molar-refractivity contribution >= 4 is 29.3 Å². The summed E-state index contributed by atoms with van der Waals surface area (Å²) in [4.78, 5) is 41.4. The maximum atomic E-state index is 13.8. The molecule has 1 fully saturated rings. The summed E-state index contributed by atoms with van der Waals surface area (Å²) in [5, 5.41) is 0.371. The van der Waals surface area contributed by atoms with Gasteiger partial charge in [0, 0.05) is 24.8 Å². The number of ether oxygens (including phenoxy) is 1. The van der Waals surface area contributed by atoms with Crippen molar-refractivity contribution in [3.8, 4) is 0 Å². The van der Waals surface area contributed by atoms with E-state index in [9.17, 15) is 14.4 Å². The summed E-state index contributed by atoms with van der Waals surface area (Å²) in [5.41, 5.74) is 2.45. The monoisotopic (exact) mass is 472 g/mol. The SMILES string of the molecule is COC(=O)c1c(C)c(C(=O)C(C)N(CC2CCCCC2)C(=O)c2ccccc2Cl)c(C)n1C. The molecule has 33 heavy (non-hydrogen) atoms. The Morgan fingerprint density at radius 2 is 1.79 bits per heavy atom. The molecule has 1 heterocycles. The highest BCUT2D eigenvalue weighted by Gasteiger charge is 2.34. The number of esters is 1. The van der Waals surface area contributed by atoms with Crippen LogP contribution in [0.25, 0.3) is 0 Å². The molecule has 7 heteroatoms. The summed E-state index contributed by atoms with van der Waals surface area (Å²) in [5.74, 6) is -0.571. The van der Waals surface area contributed by atoms with Gasteiger partial charge in [0.05, 0.1) is 23.7 Å². The maximum absolute atomic E-state index is 13.8. The fourth-order valence-corrected chi connectivity index (χ4v) is 5.15. The van der Waals surface area contributed by atoms with Gasteiger partial charge in [0.25, 0.3) is 5.91 Å². The molecule has 6 nitrogen and oxygen atoms in total. The molecule has 0 spiro atoms. The zero-order chi connectivity index (χ0) is 24.3. The lowest BCUT2D eigenvalue weighted by molar-refractivity contribution is 0.0577. The van der Waals surface area contributed by atoms with Crippen LogP contribution in [0.2, 0.25) is 5.02 Å². The minimum atomic E-state index is -0.707. The number of halogens is 1. The predicted octanol–water partition coefficient (Wildman–Crippen LogP) is 5.38. The van der Waals surface area contributed by atoms with Crippen molar-refractivity contribution in [3.63, 3.8) is 0 Å². The van der Waals surface area contributed by atoms with E-state index in [1.165, 1.54) is 13.5 Å². The summed E-state index contributed by atoms with van der Waals surface area (Å²) in [6, 6.07) is 6.24. The summed E-state index contributed by atoms with van der Waals surface area (Å²) < 4.78 is 6.60. The first-order chi connectivity index (χ1) is 15.7. The van der Waals surface area contributed by atoms with Gasteiger partial charge in [-0.05, 0) is 57.2 Å². The molecule has 1 aromatic carbocycles. The van der Waals surface area contributed by atoms with Crippen LogP contribution in [0, 0.1) is 19.8 Å². The molecule has 1 unspecified atom stereocenters. The highest BCUT2D eigenvalue weighted by atomic mass is 35.5. The Bertz CT molecular complexity index is 1050. The predicted molar refractivity (Wildman–Crippen MR) is 129 cm³/mol. The number of hydrogen-bond acceptors (Lipinski definition) is 4. The molecule has 1 amide bonds. The number of rotatable bonds is 7. The fourth-order valence-electron chi connectivity index (χ4n) is 4.93. The molecule has 1 aliphatic rings. The second-order valence-electron chi connectivity index (χ2n) is 8.97. The van der Waals surface area contributed by atoms with Crippen molar-refractivity contribution in [1.29, 1.82) is 0 Å². The molecule has 0 bridgehead atoms. The molecule has 0 N–H and O–H groups in total. The van der Waals surface area contributed by atoms with E-state index in [0.717, 1.165) is 25.7 Å². The number of methoxy groups -OCH3 is 1. The quantitative estimate of drug-likeness (QED) is 0.401. The number of ketones is 1. The Kier molecular flexibility index (Phi) is 8.01. The number of carbonyl (C=O) groups excluding carboxylic acids is 3. The first-order valence-electron chi connectivity index (χ1n) is 11.5. The number of Topliss-reactive ketones (excluding diaryl/α,β-unsaturated/α-hetero) is 1. The van der Waals surface area contributed by atoms with Crippen LogP contribution < -0.4 is 0 Å². The van der Waals surface area contributed by atoms with Gasteiger partial charge in [0.1, 0.15) is 5.69 Å². The van der Waals surface area contributed by atoms with E-state index >= 15 is 0 Å². The second-order valence-corrected chi connectivity index (χ2v) is 9.37. The molecule has 178 valence electrons. The molecule has 1 saturated carbocycles.